The Morgan fingerprint density at radius 3 is 1.95 bits per heavy atom. The van der Waals surface area contributed by atoms with E-state index in [-0.39, 0.29) is 29.6 Å². The normalized spacial score (nSPS) is 10.9. The molecule has 0 bridgehead atoms. The summed E-state index contributed by atoms with van der Waals surface area (Å²) in [6.07, 6.45) is 1.50. The zero-order valence-electron chi connectivity index (χ0n) is 9.56. The van der Waals surface area contributed by atoms with E-state index in [2.05, 4.69) is 0 Å². The van der Waals surface area contributed by atoms with Crippen molar-refractivity contribution in [1.82, 2.24) is 0 Å². The summed E-state index contributed by atoms with van der Waals surface area (Å²) in [5, 5.41) is 1.05. The van der Waals surface area contributed by atoms with E-state index in [1.54, 1.807) is 30.3 Å². The van der Waals surface area contributed by atoms with E-state index < -0.39 is 10.1 Å². The van der Waals surface area contributed by atoms with Gasteiger partial charge in [0, 0.05) is 0 Å². The molecule has 0 amide bonds. The van der Waals surface area contributed by atoms with Crippen LogP contribution in [0, 0.1) is 0 Å². The monoisotopic (exact) mass is 284 g/mol. The number of hydrogen-bond acceptors (Lipinski definition) is 3. The third-order valence-electron chi connectivity index (χ3n) is 2.18. The molecule has 0 fully saturated rings. The molecule has 2 rings (SSSR count). The van der Waals surface area contributed by atoms with Crippen LogP contribution in [0.15, 0.2) is 66.1 Å². The van der Waals surface area contributed by atoms with E-state index >= 15 is 0 Å². The third kappa shape index (κ3) is 5.61. The molecule has 5 heteroatoms. The SMILES string of the molecule is O=S(=O)(/C=C/c1ccccc1)Oc1ccccc1.[NaH]. The zero-order valence-corrected chi connectivity index (χ0v) is 10.4. The Hall–Kier alpha value is -1.07. The van der Waals surface area contributed by atoms with Crippen molar-refractivity contribution >= 4 is 45.8 Å². The predicted octanol–water partition coefficient (Wildman–Crippen LogP) is 2.42. The third-order valence-corrected chi connectivity index (χ3v) is 3.08. The van der Waals surface area contributed by atoms with Crippen molar-refractivity contribution in [2.24, 2.45) is 0 Å². The van der Waals surface area contributed by atoms with E-state index in [9.17, 15) is 8.42 Å². The van der Waals surface area contributed by atoms with Crippen molar-refractivity contribution in [3.63, 3.8) is 0 Å². The fourth-order valence-electron chi connectivity index (χ4n) is 1.36. The fraction of sp³-hybridized carbons (Fsp3) is 0. The summed E-state index contributed by atoms with van der Waals surface area (Å²) >= 11 is 0. The minimum atomic E-state index is -3.71. The maximum absolute atomic E-state index is 11.7. The Morgan fingerprint density at radius 2 is 1.37 bits per heavy atom. The zero-order chi connectivity index (χ0) is 12.8. The molecule has 19 heavy (non-hydrogen) atoms. The van der Waals surface area contributed by atoms with Crippen LogP contribution in [-0.4, -0.2) is 38.0 Å². The second-order valence-corrected chi connectivity index (χ2v) is 5.03. The van der Waals surface area contributed by atoms with E-state index in [1.807, 2.05) is 30.3 Å². The van der Waals surface area contributed by atoms with E-state index in [0.717, 1.165) is 11.0 Å². The molecule has 0 saturated carbocycles. The van der Waals surface area contributed by atoms with E-state index in [0.29, 0.717) is 5.75 Å². The quantitative estimate of drug-likeness (QED) is 0.639. The molecule has 0 radical (unpaired) electrons. The first-order valence-corrected chi connectivity index (χ1v) is 6.85. The van der Waals surface area contributed by atoms with Crippen molar-refractivity contribution in [3.8, 4) is 5.75 Å². The van der Waals surface area contributed by atoms with Gasteiger partial charge >= 0.3 is 39.7 Å². The van der Waals surface area contributed by atoms with Gasteiger partial charge in [-0.2, -0.15) is 8.42 Å². The van der Waals surface area contributed by atoms with Gasteiger partial charge in [-0.15, -0.1) is 0 Å². The van der Waals surface area contributed by atoms with Crippen molar-refractivity contribution in [2.45, 2.75) is 0 Å². The standard InChI is InChI=1S/C14H12O3S.Na.H/c15-18(16,17-14-9-5-2-6-10-14)12-11-13-7-3-1-4-8-13;;/h1-12H;;/b12-11+;;. The number of hydrogen-bond donors (Lipinski definition) is 0. The average molecular weight is 284 g/mol. The molecule has 2 aromatic rings. The summed E-state index contributed by atoms with van der Waals surface area (Å²) in [6.45, 7) is 0. The molecule has 0 atom stereocenters. The molecule has 0 N–H and O–H groups in total. The molecule has 2 aromatic carbocycles. The molecule has 94 valence electrons. The van der Waals surface area contributed by atoms with Gasteiger partial charge < -0.3 is 4.18 Å². The first-order valence-electron chi connectivity index (χ1n) is 5.38. The molecule has 0 aromatic heterocycles. The van der Waals surface area contributed by atoms with E-state index in [4.69, 9.17) is 4.18 Å². The van der Waals surface area contributed by atoms with Gasteiger partial charge in [-0.3, -0.25) is 0 Å². The molecule has 0 aliphatic rings. The van der Waals surface area contributed by atoms with Crippen LogP contribution >= 0.6 is 0 Å². The molecule has 0 heterocycles. The number of rotatable bonds is 4. The van der Waals surface area contributed by atoms with Gasteiger partial charge in [-0.05, 0) is 23.8 Å². The van der Waals surface area contributed by atoms with Crippen LogP contribution in [-0.2, 0) is 10.1 Å². The number of benzene rings is 2. The molecule has 0 aliphatic heterocycles. The average Bonchev–Trinajstić information content (AvgIpc) is 2.38. The van der Waals surface area contributed by atoms with Gasteiger partial charge in [-0.1, -0.05) is 48.5 Å². The molecule has 0 spiro atoms. The summed E-state index contributed by atoms with van der Waals surface area (Å²) in [5.74, 6) is 0.301. The summed E-state index contributed by atoms with van der Waals surface area (Å²) in [4.78, 5) is 0. The summed E-state index contributed by atoms with van der Waals surface area (Å²) in [7, 11) is -3.71. The van der Waals surface area contributed by atoms with Crippen LogP contribution < -0.4 is 4.18 Å². The fourth-order valence-corrected chi connectivity index (χ4v) is 2.12. The molecular weight excluding hydrogens is 271 g/mol. The summed E-state index contributed by atoms with van der Waals surface area (Å²) < 4.78 is 28.2. The topological polar surface area (TPSA) is 43.4 Å². The van der Waals surface area contributed by atoms with Crippen molar-refractivity contribution in [3.05, 3.63) is 71.6 Å². The Kier molecular flexibility index (Phi) is 6.31. The minimum absolute atomic E-state index is 0. The Morgan fingerprint density at radius 1 is 0.842 bits per heavy atom. The van der Waals surface area contributed by atoms with Crippen LogP contribution in [0.5, 0.6) is 5.75 Å². The van der Waals surface area contributed by atoms with Crippen molar-refractivity contribution in [2.75, 3.05) is 0 Å². The van der Waals surface area contributed by atoms with Crippen LogP contribution in [0.25, 0.3) is 6.08 Å². The predicted molar refractivity (Wildman–Crippen MR) is 78.6 cm³/mol. The Labute approximate surface area is 135 Å². The molecule has 0 unspecified atom stereocenters. The maximum atomic E-state index is 11.7. The van der Waals surface area contributed by atoms with Gasteiger partial charge in [0.05, 0.1) is 5.41 Å². The van der Waals surface area contributed by atoms with Crippen LogP contribution in [0.4, 0.5) is 0 Å². The molecular formula is C14H13NaO3S. The van der Waals surface area contributed by atoms with Gasteiger partial charge in [0.1, 0.15) is 5.75 Å². The number of para-hydroxylation sites is 1. The molecule has 0 aliphatic carbocycles. The second kappa shape index (κ2) is 7.50. The van der Waals surface area contributed by atoms with Gasteiger partial charge in [-0.25, -0.2) is 0 Å². The van der Waals surface area contributed by atoms with Crippen LogP contribution in [0.3, 0.4) is 0 Å². The summed E-state index contributed by atoms with van der Waals surface area (Å²) in [5.41, 5.74) is 0.803. The van der Waals surface area contributed by atoms with Gasteiger partial charge in [0.2, 0.25) is 0 Å². The van der Waals surface area contributed by atoms with Crippen molar-refractivity contribution in [1.29, 1.82) is 0 Å². The van der Waals surface area contributed by atoms with Crippen molar-refractivity contribution < 1.29 is 12.6 Å². The first-order chi connectivity index (χ1) is 8.66. The van der Waals surface area contributed by atoms with E-state index in [1.165, 1.54) is 6.08 Å². The summed E-state index contributed by atoms with van der Waals surface area (Å²) in [6, 6.07) is 17.6. The van der Waals surface area contributed by atoms with Gasteiger partial charge in [0.25, 0.3) is 0 Å². The second-order valence-electron chi connectivity index (χ2n) is 3.60. The molecule has 3 nitrogen and oxygen atoms in total. The van der Waals surface area contributed by atoms with Crippen LogP contribution in [0.2, 0.25) is 0 Å². The Balaban J connectivity index is 0.00000180. The first kappa shape index (κ1) is 16.0. The Bertz CT molecular complexity index is 622. The molecule has 0 saturated heterocycles. The van der Waals surface area contributed by atoms with Crippen LogP contribution in [0.1, 0.15) is 5.56 Å². The van der Waals surface area contributed by atoms with Gasteiger partial charge in [0.15, 0.2) is 0 Å².